The van der Waals surface area contributed by atoms with Crippen molar-refractivity contribution in [2.45, 2.75) is 13.8 Å². The first-order chi connectivity index (χ1) is 11.2. The number of fused-ring (bicyclic) bond motifs is 1. The Kier molecular flexibility index (Phi) is 6.11. The highest BCUT2D eigenvalue weighted by molar-refractivity contribution is 9.10. The van der Waals surface area contributed by atoms with Gasteiger partial charge in [0.2, 0.25) is 0 Å². The van der Waals surface area contributed by atoms with Crippen molar-refractivity contribution in [3.8, 4) is 5.75 Å². The molecular formula is C18H17BrN2O2. The second-order valence-corrected chi connectivity index (χ2v) is 5.20. The van der Waals surface area contributed by atoms with Gasteiger partial charge in [0.1, 0.15) is 5.75 Å². The molecular weight excluding hydrogens is 356 g/mol. The van der Waals surface area contributed by atoms with Crippen molar-refractivity contribution in [3.05, 3.63) is 65.4 Å². The molecule has 0 aliphatic rings. The SMILES string of the molecule is CC.O=C(Nc1ccc(Br)c2ccncc12)Oc1ccccc1. The van der Waals surface area contributed by atoms with Gasteiger partial charge in [-0.25, -0.2) is 4.79 Å². The molecule has 118 valence electrons. The fourth-order valence-corrected chi connectivity index (χ4v) is 2.47. The van der Waals surface area contributed by atoms with E-state index in [0.29, 0.717) is 11.4 Å². The van der Waals surface area contributed by atoms with Gasteiger partial charge in [-0.1, -0.05) is 48.0 Å². The second kappa shape index (κ2) is 8.29. The Labute approximate surface area is 143 Å². The Morgan fingerprint density at radius 2 is 1.78 bits per heavy atom. The maximum atomic E-state index is 11.9. The molecule has 1 aromatic heterocycles. The summed E-state index contributed by atoms with van der Waals surface area (Å²) in [7, 11) is 0. The first kappa shape index (κ1) is 17.0. The first-order valence-corrected chi connectivity index (χ1v) is 8.09. The molecule has 0 saturated carbocycles. The zero-order chi connectivity index (χ0) is 16.7. The van der Waals surface area contributed by atoms with Crippen LogP contribution in [-0.2, 0) is 0 Å². The molecule has 1 amide bonds. The van der Waals surface area contributed by atoms with Crippen molar-refractivity contribution in [2.75, 3.05) is 5.32 Å². The topological polar surface area (TPSA) is 51.2 Å². The number of anilines is 1. The number of hydrogen-bond acceptors (Lipinski definition) is 3. The second-order valence-electron chi connectivity index (χ2n) is 4.34. The molecule has 5 heteroatoms. The van der Waals surface area contributed by atoms with E-state index in [2.05, 4.69) is 26.2 Å². The summed E-state index contributed by atoms with van der Waals surface area (Å²) in [6.07, 6.45) is 2.88. The number of nitrogens with one attached hydrogen (secondary N) is 1. The number of halogens is 1. The standard InChI is InChI=1S/C16H11BrN2O2.C2H6/c17-14-6-7-15(13-10-18-9-8-12(13)14)19-16(20)21-11-4-2-1-3-5-11;1-2/h1-10H,(H,19,20);1-2H3. The smallest absolute Gasteiger partial charge is 0.410 e. The summed E-state index contributed by atoms with van der Waals surface area (Å²) in [5, 5.41) is 4.56. The minimum absolute atomic E-state index is 0.495. The fourth-order valence-electron chi connectivity index (χ4n) is 1.99. The number of carbonyl (C=O) groups is 1. The lowest BCUT2D eigenvalue weighted by atomic mass is 10.1. The van der Waals surface area contributed by atoms with Crippen molar-refractivity contribution >= 4 is 38.5 Å². The van der Waals surface area contributed by atoms with Crippen LogP contribution in [0.5, 0.6) is 5.75 Å². The van der Waals surface area contributed by atoms with Crippen LogP contribution in [0.4, 0.5) is 10.5 Å². The Hall–Kier alpha value is -2.40. The summed E-state index contributed by atoms with van der Waals surface area (Å²) in [5.41, 5.74) is 0.655. The number of ether oxygens (including phenoxy) is 1. The normalized spacial score (nSPS) is 9.70. The summed E-state index contributed by atoms with van der Waals surface area (Å²) in [5.74, 6) is 0.495. The number of hydrogen-bond donors (Lipinski definition) is 1. The van der Waals surface area contributed by atoms with E-state index < -0.39 is 6.09 Å². The molecule has 0 atom stereocenters. The summed E-state index contributed by atoms with van der Waals surface area (Å²) < 4.78 is 6.16. The number of aromatic nitrogens is 1. The van der Waals surface area contributed by atoms with Gasteiger partial charge in [0.05, 0.1) is 5.69 Å². The van der Waals surface area contributed by atoms with Crippen LogP contribution in [-0.4, -0.2) is 11.1 Å². The van der Waals surface area contributed by atoms with Gasteiger partial charge in [0, 0.05) is 27.6 Å². The lowest BCUT2D eigenvalue weighted by molar-refractivity contribution is 0.215. The molecule has 0 aliphatic heterocycles. The monoisotopic (exact) mass is 372 g/mol. The van der Waals surface area contributed by atoms with Gasteiger partial charge in [-0.3, -0.25) is 10.3 Å². The summed E-state index contributed by atoms with van der Waals surface area (Å²) >= 11 is 3.48. The molecule has 0 unspecified atom stereocenters. The fraction of sp³-hybridized carbons (Fsp3) is 0.111. The van der Waals surface area contributed by atoms with Crippen molar-refractivity contribution in [1.82, 2.24) is 4.98 Å². The number of amides is 1. The minimum Gasteiger partial charge on any atom is -0.410 e. The molecule has 0 bridgehead atoms. The highest BCUT2D eigenvalue weighted by Crippen LogP contribution is 2.29. The molecule has 3 aromatic rings. The zero-order valence-electron chi connectivity index (χ0n) is 12.9. The molecule has 0 aliphatic carbocycles. The van der Waals surface area contributed by atoms with Crippen LogP contribution in [0, 0.1) is 0 Å². The summed E-state index contributed by atoms with van der Waals surface area (Å²) in [6, 6.07) is 14.5. The number of pyridine rings is 1. The average molecular weight is 373 g/mol. The third kappa shape index (κ3) is 4.29. The van der Waals surface area contributed by atoms with Gasteiger partial charge < -0.3 is 4.74 Å². The molecule has 0 spiro atoms. The number of nitrogens with zero attached hydrogens (tertiary/aromatic N) is 1. The van der Waals surface area contributed by atoms with Gasteiger partial charge in [0.25, 0.3) is 0 Å². The van der Waals surface area contributed by atoms with Gasteiger partial charge in [0.15, 0.2) is 0 Å². The molecule has 2 aromatic carbocycles. The highest BCUT2D eigenvalue weighted by atomic mass is 79.9. The zero-order valence-corrected chi connectivity index (χ0v) is 14.5. The molecule has 1 N–H and O–H groups in total. The first-order valence-electron chi connectivity index (χ1n) is 7.30. The molecule has 23 heavy (non-hydrogen) atoms. The molecule has 1 heterocycles. The van der Waals surface area contributed by atoms with E-state index in [1.165, 1.54) is 0 Å². The predicted octanol–water partition coefficient (Wildman–Crippen LogP) is 5.63. The van der Waals surface area contributed by atoms with Gasteiger partial charge in [-0.15, -0.1) is 0 Å². The van der Waals surface area contributed by atoms with Crippen LogP contribution in [0.1, 0.15) is 13.8 Å². The van der Waals surface area contributed by atoms with Crippen molar-refractivity contribution in [2.24, 2.45) is 0 Å². The molecule has 0 radical (unpaired) electrons. The largest absolute Gasteiger partial charge is 0.417 e. The summed E-state index contributed by atoms with van der Waals surface area (Å²) in [6.45, 7) is 4.00. The van der Waals surface area contributed by atoms with Gasteiger partial charge >= 0.3 is 6.09 Å². The Morgan fingerprint density at radius 1 is 1.04 bits per heavy atom. The van der Waals surface area contributed by atoms with E-state index in [-0.39, 0.29) is 0 Å². The Balaban J connectivity index is 0.000000924. The van der Waals surface area contributed by atoms with Crippen LogP contribution in [0.25, 0.3) is 10.8 Å². The maximum Gasteiger partial charge on any atom is 0.417 e. The quantitative estimate of drug-likeness (QED) is 0.633. The van der Waals surface area contributed by atoms with E-state index in [1.807, 2.05) is 44.2 Å². The van der Waals surface area contributed by atoms with Crippen LogP contribution < -0.4 is 10.1 Å². The lowest BCUT2D eigenvalue weighted by Gasteiger charge is -2.10. The van der Waals surface area contributed by atoms with E-state index in [0.717, 1.165) is 15.2 Å². The Bertz CT molecular complexity index is 791. The number of carbonyl (C=O) groups excluding carboxylic acids is 1. The molecule has 3 rings (SSSR count). The van der Waals surface area contributed by atoms with Crippen molar-refractivity contribution in [3.63, 3.8) is 0 Å². The maximum absolute atomic E-state index is 11.9. The average Bonchev–Trinajstić information content (AvgIpc) is 2.60. The predicted molar refractivity (Wildman–Crippen MR) is 96.9 cm³/mol. The number of rotatable bonds is 2. The van der Waals surface area contributed by atoms with E-state index in [9.17, 15) is 4.79 Å². The van der Waals surface area contributed by atoms with E-state index in [1.54, 1.807) is 30.6 Å². The van der Waals surface area contributed by atoms with Crippen LogP contribution >= 0.6 is 15.9 Å². The number of benzene rings is 2. The minimum atomic E-state index is -0.534. The van der Waals surface area contributed by atoms with Crippen molar-refractivity contribution in [1.29, 1.82) is 0 Å². The molecule has 0 saturated heterocycles. The lowest BCUT2D eigenvalue weighted by Crippen LogP contribution is -2.16. The van der Waals surface area contributed by atoms with Crippen LogP contribution in [0.2, 0.25) is 0 Å². The number of para-hydroxylation sites is 1. The Morgan fingerprint density at radius 3 is 2.52 bits per heavy atom. The van der Waals surface area contributed by atoms with Crippen LogP contribution in [0.3, 0.4) is 0 Å². The highest BCUT2D eigenvalue weighted by Gasteiger charge is 2.09. The van der Waals surface area contributed by atoms with Crippen molar-refractivity contribution < 1.29 is 9.53 Å². The third-order valence-electron chi connectivity index (χ3n) is 2.96. The molecule has 0 fully saturated rings. The van der Waals surface area contributed by atoms with E-state index >= 15 is 0 Å². The van der Waals surface area contributed by atoms with E-state index in [4.69, 9.17) is 4.74 Å². The molecule has 4 nitrogen and oxygen atoms in total. The van der Waals surface area contributed by atoms with Gasteiger partial charge in [-0.05, 0) is 30.3 Å². The third-order valence-corrected chi connectivity index (χ3v) is 3.65. The van der Waals surface area contributed by atoms with Gasteiger partial charge in [-0.2, -0.15) is 0 Å². The van der Waals surface area contributed by atoms with Crippen LogP contribution in [0.15, 0.2) is 65.4 Å². The summed E-state index contributed by atoms with van der Waals surface area (Å²) in [4.78, 5) is 16.0.